The Labute approximate surface area is 116 Å². The minimum absolute atomic E-state index is 0.109. The first-order chi connectivity index (χ1) is 9.99. The average molecular weight is 299 g/mol. The van der Waals surface area contributed by atoms with Gasteiger partial charge in [-0.3, -0.25) is 4.79 Å². The molecule has 21 heavy (non-hydrogen) atoms. The van der Waals surface area contributed by atoms with E-state index in [1.807, 2.05) is 5.32 Å². The molecule has 1 amide bonds. The molecule has 0 atom stereocenters. The molecule has 0 spiro atoms. The number of rotatable bonds is 4. The van der Waals surface area contributed by atoms with Crippen LogP contribution in [0, 0.1) is 17.5 Å². The average Bonchev–Trinajstić information content (AvgIpc) is 3.00. The van der Waals surface area contributed by atoms with Gasteiger partial charge in [0.05, 0.1) is 12.0 Å². The molecule has 8 heteroatoms. The fraction of sp³-hybridized carbons (Fsp3) is 0.0769. The smallest absolute Gasteiger partial charge is 0.374 e. The summed E-state index contributed by atoms with van der Waals surface area (Å²) in [7, 11) is 0. The predicted octanol–water partition coefficient (Wildman–Crippen LogP) is 2.49. The maximum absolute atomic E-state index is 13.3. The van der Waals surface area contributed by atoms with Gasteiger partial charge in [0.15, 0.2) is 24.1 Å². The number of hydrogen-bond donors (Lipinski definition) is 1. The maximum atomic E-state index is 13.3. The molecule has 0 bridgehead atoms. The first kappa shape index (κ1) is 14.6. The molecule has 1 aromatic heterocycles. The molecule has 0 aliphatic carbocycles. The van der Waals surface area contributed by atoms with Crippen LogP contribution in [0.25, 0.3) is 0 Å². The summed E-state index contributed by atoms with van der Waals surface area (Å²) in [4.78, 5) is 22.8. The third kappa shape index (κ3) is 3.41. The van der Waals surface area contributed by atoms with Gasteiger partial charge in [-0.05, 0) is 24.3 Å². The third-order valence-corrected chi connectivity index (χ3v) is 2.37. The standard InChI is InChI=1S/C13H8F3NO4/c14-7-3-4-8(12(16)11(7)15)17-10(18)6-21-13(19)9-2-1-5-20-9/h1-5H,6H2,(H,17,18). The largest absolute Gasteiger partial charge is 0.457 e. The van der Waals surface area contributed by atoms with Crippen molar-refractivity contribution in [3.8, 4) is 0 Å². The number of anilines is 1. The van der Waals surface area contributed by atoms with Gasteiger partial charge < -0.3 is 14.5 Å². The number of nitrogens with one attached hydrogen (secondary N) is 1. The quantitative estimate of drug-likeness (QED) is 0.695. The van der Waals surface area contributed by atoms with E-state index in [2.05, 4.69) is 4.74 Å². The zero-order chi connectivity index (χ0) is 15.4. The summed E-state index contributed by atoms with van der Waals surface area (Å²) in [5, 5.41) is 1.95. The van der Waals surface area contributed by atoms with Crippen LogP contribution in [-0.2, 0) is 9.53 Å². The number of carbonyl (C=O) groups excluding carboxylic acids is 2. The molecule has 2 rings (SSSR count). The van der Waals surface area contributed by atoms with Crippen LogP contribution in [0.1, 0.15) is 10.6 Å². The van der Waals surface area contributed by atoms with Crippen LogP contribution in [-0.4, -0.2) is 18.5 Å². The van der Waals surface area contributed by atoms with Gasteiger partial charge >= 0.3 is 5.97 Å². The first-order valence-electron chi connectivity index (χ1n) is 5.63. The summed E-state index contributed by atoms with van der Waals surface area (Å²) >= 11 is 0. The summed E-state index contributed by atoms with van der Waals surface area (Å²) in [6.45, 7) is -0.738. The lowest BCUT2D eigenvalue weighted by molar-refractivity contribution is -0.119. The Morgan fingerprint density at radius 1 is 1.14 bits per heavy atom. The van der Waals surface area contributed by atoms with Crippen molar-refractivity contribution in [3.05, 3.63) is 53.7 Å². The lowest BCUT2D eigenvalue weighted by Gasteiger charge is -2.07. The fourth-order valence-corrected chi connectivity index (χ4v) is 1.41. The molecule has 0 aliphatic rings. The van der Waals surface area contributed by atoms with E-state index in [-0.39, 0.29) is 5.76 Å². The second-order valence-corrected chi connectivity index (χ2v) is 3.82. The Morgan fingerprint density at radius 2 is 1.90 bits per heavy atom. The Morgan fingerprint density at radius 3 is 2.57 bits per heavy atom. The van der Waals surface area contributed by atoms with Crippen LogP contribution < -0.4 is 5.32 Å². The molecule has 0 unspecified atom stereocenters. The zero-order valence-electron chi connectivity index (χ0n) is 10.4. The summed E-state index contributed by atoms with van der Waals surface area (Å²) in [5.41, 5.74) is -0.562. The Balaban J connectivity index is 1.93. The van der Waals surface area contributed by atoms with Crippen molar-refractivity contribution in [1.82, 2.24) is 0 Å². The lowest BCUT2D eigenvalue weighted by Crippen LogP contribution is -2.21. The van der Waals surface area contributed by atoms with Crippen molar-refractivity contribution < 1.29 is 31.9 Å². The van der Waals surface area contributed by atoms with Gasteiger partial charge in [0.1, 0.15) is 0 Å². The van der Waals surface area contributed by atoms with Gasteiger partial charge in [0.2, 0.25) is 5.76 Å². The number of halogens is 3. The monoisotopic (exact) mass is 299 g/mol. The molecule has 5 nitrogen and oxygen atoms in total. The van der Waals surface area contributed by atoms with Gasteiger partial charge in [0, 0.05) is 0 Å². The van der Waals surface area contributed by atoms with E-state index < -0.39 is 41.6 Å². The van der Waals surface area contributed by atoms with E-state index in [1.54, 1.807) is 0 Å². The molecule has 1 N–H and O–H groups in total. The van der Waals surface area contributed by atoms with Crippen LogP contribution in [0.4, 0.5) is 18.9 Å². The second-order valence-electron chi connectivity index (χ2n) is 3.82. The number of hydrogen-bond acceptors (Lipinski definition) is 4. The SMILES string of the molecule is O=C(COC(=O)c1ccco1)Nc1ccc(F)c(F)c1F. The van der Waals surface area contributed by atoms with Crippen LogP contribution in [0.15, 0.2) is 34.9 Å². The minimum atomic E-state index is -1.71. The van der Waals surface area contributed by atoms with Crippen LogP contribution in [0.3, 0.4) is 0 Å². The van der Waals surface area contributed by atoms with E-state index in [0.717, 1.165) is 6.07 Å². The molecular formula is C13H8F3NO4. The molecular weight excluding hydrogens is 291 g/mol. The molecule has 2 aromatic rings. The van der Waals surface area contributed by atoms with Crippen molar-refractivity contribution in [2.45, 2.75) is 0 Å². The molecule has 110 valence electrons. The second kappa shape index (κ2) is 6.12. The normalized spacial score (nSPS) is 10.2. The summed E-state index contributed by atoms with van der Waals surface area (Å²) in [6, 6.07) is 4.28. The highest BCUT2D eigenvalue weighted by Crippen LogP contribution is 2.19. The van der Waals surface area contributed by atoms with Gasteiger partial charge in [-0.1, -0.05) is 0 Å². The van der Waals surface area contributed by atoms with Crippen molar-refractivity contribution in [2.24, 2.45) is 0 Å². The third-order valence-electron chi connectivity index (χ3n) is 2.37. The molecule has 0 radical (unpaired) electrons. The van der Waals surface area contributed by atoms with Crippen molar-refractivity contribution in [2.75, 3.05) is 11.9 Å². The van der Waals surface area contributed by atoms with E-state index in [1.165, 1.54) is 18.4 Å². The molecule has 0 saturated heterocycles. The molecule has 1 aromatic carbocycles. The van der Waals surface area contributed by atoms with E-state index in [9.17, 15) is 22.8 Å². The summed E-state index contributed by atoms with van der Waals surface area (Å²) in [6.07, 6.45) is 1.24. The van der Waals surface area contributed by atoms with Crippen molar-refractivity contribution in [1.29, 1.82) is 0 Å². The van der Waals surface area contributed by atoms with Crippen molar-refractivity contribution in [3.63, 3.8) is 0 Å². The fourth-order valence-electron chi connectivity index (χ4n) is 1.41. The van der Waals surface area contributed by atoms with Crippen LogP contribution >= 0.6 is 0 Å². The molecule has 0 fully saturated rings. The van der Waals surface area contributed by atoms with Gasteiger partial charge in [0.25, 0.3) is 5.91 Å². The highest BCUT2D eigenvalue weighted by molar-refractivity contribution is 5.94. The van der Waals surface area contributed by atoms with E-state index in [0.29, 0.717) is 6.07 Å². The number of esters is 1. The van der Waals surface area contributed by atoms with Gasteiger partial charge in [-0.2, -0.15) is 0 Å². The Bertz CT molecular complexity index is 670. The summed E-state index contributed by atoms with van der Waals surface area (Å²) < 4.78 is 48.3. The Hall–Kier alpha value is -2.77. The number of benzene rings is 1. The number of amides is 1. The first-order valence-corrected chi connectivity index (χ1v) is 5.63. The van der Waals surface area contributed by atoms with E-state index >= 15 is 0 Å². The topological polar surface area (TPSA) is 68.5 Å². The molecule has 0 aliphatic heterocycles. The van der Waals surface area contributed by atoms with Gasteiger partial charge in [-0.15, -0.1) is 0 Å². The predicted molar refractivity (Wildman–Crippen MR) is 63.9 cm³/mol. The number of carbonyl (C=O) groups is 2. The lowest BCUT2D eigenvalue weighted by atomic mass is 10.3. The van der Waals surface area contributed by atoms with Gasteiger partial charge in [-0.25, -0.2) is 18.0 Å². The Kier molecular flexibility index (Phi) is 4.27. The summed E-state index contributed by atoms with van der Waals surface area (Å²) in [5.74, 6) is -6.54. The van der Waals surface area contributed by atoms with Crippen molar-refractivity contribution >= 4 is 17.6 Å². The highest BCUT2D eigenvalue weighted by Gasteiger charge is 2.17. The number of furan rings is 1. The maximum Gasteiger partial charge on any atom is 0.374 e. The minimum Gasteiger partial charge on any atom is -0.457 e. The van der Waals surface area contributed by atoms with Crippen LogP contribution in [0.2, 0.25) is 0 Å². The molecule has 0 saturated carbocycles. The number of ether oxygens (including phenoxy) is 1. The highest BCUT2D eigenvalue weighted by atomic mass is 19.2. The van der Waals surface area contributed by atoms with E-state index in [4.69, 9.17) is 4.42 Å². The van der Waals surface area contributed by atoms with Crippen LogP contribution in [0.5, 0.6) is 0 Å². The molecule has 1 heterocycles. The zero-order valence-corrected chi connectivity index (χ0v) is 10.4.